The van der Waals surface area contributed by atoms with Crippen molar-refractivity contribution in [3.63, 3.8) is 0 Å². The second kappa shape index (κ2) is 11.8. The monoisotopic (exact) mass is 450 g/mol. The van der Waals surface area contributed by atoms with Gasteiger partial charge in [0.15, 0.2) is 5.96 Å². The van der Waals surface area contributed by atoms with Gasteiger partial charge in [0.2, 0.25) is 0 Å². The summed E-state index contributed by atoms with van der Waals surface area (Å²) in [6.45, 7) is 7.29. The number of aliphatic imine (C=N–C) groups is 1. The maximum absolute atomic E-state index is 4.27. The van der Waals surface area contributed by atoms with E-state index in [2.05, 4.69) is 71.9 Å². The molecule has 0 aliphatic carbocycles. The summed E-state index contributed by atoms with van der Waals surface area (Å²) in [6, 6.07) is 10.5. The number of anilines is 1. The normalized spacial score (nSPS) is 11.6. The van der Waals surface area contributed by atoms with Gasteiger partial charge in [-0.2, -0.15) is 11.8 Å². The van der Waals surface area contributed by atoms with E-state index in [4.69, 9.17) is 0 Å². The Morgan fingerprint density at radius 2 is 1.87 bits per heavy atom. The lowest BCUT2D eigenvalue weighted by Crippen LogP contribution is -2.43. The Labute approximate surface area is 162 Å². The van der Waals surface area contributed by atoms with E-state index in [1.54, 1.807) is 0 Å². The van der Waals surface area contributed by atoms with Crippen LogP contribution in [-0.2, 0) is 0 Å². The SMILES string of the molecule is CN=C(NCCCN(C)c1ccccc1)NCC(C)(C)SC.I. The number of guanidine groups is 1. The van der Waals surface area contributed by atoms with E-state index in [9.17, 15) is 0 Å². The molecule has 0 aliphatic heterocycles. The smallest absolute Gasteiger partial charge is 0.191 e. The highest BCUT2D eigenvalue weighted by Gasteiger charge is 2.15. The average Bonchev–Trinajstić information content (AvgIpc) is 2.54. The van der Waals surface area contributed by atoms with Crippen LogP contribution >= 0.6 is 35.7 Å². The van der Waals surface area contributed by atoms with Crippen LogP contribution in [0.5, 0.6) is 0 Å². The van der Waals surface area contributed by atoms with Crippen LogP contribution in [0, 0.1) is 0 Å². The molecule has 23 heavy (non-hydrogen) atoms. The van der Waals surface area contributed by atoms with Crippen LogP contribution in [0.3, 0.4) is 0 Å². The highest BCUT2D eigenvalue weighted by molar-refractivity contribution is 14.0. The molecule has 2 N–H and O–H groups in total. The molecule has 132 valence electrons. The number of hydrogen-bond acceptors (Lipinski definition) is 3. The number of benzene rings is 1. The van der Waals surface area contributed by atoms with Crippen molar-refractivity contribution in [1.29, 1.82) is 0 Å². The third kappa shape index (κ3) is 9.30. The van der Waals surface area contributed by atoms with Gasteiger partial charge in [-0.25, -0.2) is 0 Å². The van der Waals surface area contributed by atoms with Gasteiger partial charge >= 0.3 is 0 Å². The van der Waals surface area contributed by atoms with Crippen LogP contribution in [0.4, 0.5) is 5.69 Å². The zero-order valence-corrected chi connectivity index (χ0v) is 18.1. The topological polar surface area (TPSA) is 39.7 Å². The molecule has 0 fully saturated rings. The van der Waals surface area contributed by atoms with Crippen LogP contribution in [-0.4, -0.2) is 50.7 Å². The summed E-state index contributed by atoms with van der Waals surface area (Å²) >= 11 is 1.86. The van der Waals surface area contributed by atoms with Gasteiger partial charge < -0.3 is 15.5 Å². The first kappa shape index (κ1) is 22.4. The summed E-state index contributed by atoms with van der Waals surface area (Å²) in [5, 5.41) is 6.76. The Morgan fingerprint density at radius 3 is 2.43 bits per heavy atom. The van der Waals surface area contributed by atoms with Crippen molar-refractivity contribution >= 4 is 47.4 Å². The molecule has 1 aromatic carbocycles. The molecule has 1 rings (SSSR count). The standard InChI is InChI=1S/C17H30N4S.HI/c1-17(2,22-5)14-20-16(18-3)19-12-9-13-21(4)15-10-7-6-8-11-15;/h6-8,10-11H,9,12-14H2,1-5H3,(H2,18,19,20);1H. The predicted octanol–water partition coefficient (Wildman–Crippen LogP) is 3.44. The summed E-state index contributed by atoms with van der Waals surface area (Å²) in [5.74, 6) is 0.879. The van der Waals surface area contributed by atoms with Crippen molar-refractivity contribution in [3.8, 4) is 0 Å². The van der Waals surface area contributed by atoms with E-state index in [0.717, 1.165) is 32.0 Å². The Balaban J connectivity index is 0.00000484. The number of thioether (sulfide) groups is 1. The molecule has 4 nitrogen and oxygen atoms in total. The molecule has 0 aliphatic rings. The lowest BCUT2D eigenvalue weighted by Gasteiger charge is -2.24. The zero-order chi connectivity index (χ0) is 16.4. The number of para-hydroxylation sites is 1. The molecule has 0 amide bonds. The van der Waals surface area contributed by atoms with Gasteiger partial charge in [-0.1, -0.05) is 18.2 Å². The first-order chi connectivity index (χ1) is 10.5. The van der Waals surface area contributed by atoms with Crippen LogP contribution < -0.4 is 15.5 Å². The fraction of sp³-hybridized carbons (Fsp3) is 0.588. The number of nitrogens with zero attached hydrogens (tertiary/aromatic N) is 2. The summed E-state index contributed by atoms with van der Waals surface area (Å²) in [6.07, 6.45) is 3.20. The first-order valence-corrected chi connectivity index (χ1v) is 8.97. The van der Waals surface area contributed by atoms with Gasteiger partial charge in [0.05, 0.1) is 0 Å². The maximum atomic E-state index is 4.27. The molecule has 0 aromatic heterocycles. The molecule has 0 saturated heterocycles. The Kier molecular flexibility index (Phi) is 11.5. The third-order valence-electron chi connectivity index (χ3n) is 3.62. The number of hydrogen-bond donors (Lipinski definition) is 2. The Hall–Kier alpha value is -0.630. The van der Waals surface area contributed by atoms with Crippen molar-refractivity contribution in [1.82, 2.24) is 10.6 Å². The number of nitrogens with one attached hydrogen (secondary N) is 2. The Bertz CT molecular complexity index is 451. The first-order valence-electron chi connectivity index (χ1n) is 7.74. The van der Waals surface area contributed by atoms with E-state index in [1.165, 1.54) is 5.69 Å². The van der Waals surface area contributed by atoms with Gasteiger partial charge in [0.25, 0.3) is 0 Å². The summed E-state index contributed by atoms with van der Waals surface area (Å²) < 4.78 is 0.213. The molecule has 1 aromatic rings. The molecule has 0 unspecified atom stereocenters. The quantitative estimate of drug-likeness (QED) is 0.276. The van der Waals surface area contributed by atoms with Crippen LogP contribution in [0.25, 0.3) is 0 Å². The molecule has 0 radical (unpaired) electrons. The fourth-order valence-corrected chi connectivity index (χ4v) is 2.14. The number of halogens is 1. The minimum Gasteiger partial charge on any atom is -0.375 e. The van der Waals surface area contributed by atoms with E-state index in [-0.39, 0.29) is 28.7 Å². The van der Waals surface area contributed by atoms with Crippen molar-refractivity contribution in [3.05, 3.63) is 30.3 Å². The van der Waals surface area contributed by atoms with Crippen LogP contribution in [0.2, 0.25) is 0 Å². The highest BCUT2D eigenvalue weighted by atomic mass is 127. The largest absolute Gasteiger partial charge is 0.375 e. The lowest BCUT2D eigenvalue weighted by molar-refractivity contribution is 0.658. The Morgan fingerprint density at radius 1 is 1.22 bits per heavy atom. The summed E-state index contributed by atoms with van der Waals surface area (Å²) in [5.41, 5.74) is 1.26. The van der Waals surface area contributed by atoms with Crippen molar-refractivity contribution in [2.45, 2.75) is 25.0 Å². The third-order valence-corrected chi connectivity index (χ3v) is 4.87. The van der Waals surface area contributed by atoms with E-state index in [0.29, 0.717) is 0 Å². The summed E-state index contributed by atoms with van der Waals surface area (Å²) in [7, 11) is 3.95. The van der Waals surface area contributed by atoms with Gasteiger partial charge in [0, 0.05) is 44.2 Å². The number of rotatable bonds is 8. The average molecular weight is 450 g/mol. The van der Waals surface area contributed by atoms with Crippen molar-refractivity contribution < 1.29 is 0 Å². The highest BCUT2D eigenvalue weighted by Crippen LogP contribution is 2.19. The molecule has 0 heterocycles. The molecule has 6 heteroatoms. The minimum atomic E-state index is 0. The van der Waals surface area contributed by atoms with E-state index < -0.39 is 0 Å². The van der Waals surface area contributed by atoms with E-state index in [1.807, 2.05) is 24.9 Å². The van der Waals surface area contributed by atoms with Crippen LogP contribution in [0.1, 0.15) is 20.3 Å². The lowest BCUT2D eigenvalue weighted by atomic mass is 10.2. The summed E-state index contributed by atoms with van der Waals surface area (Å²) in [4.78, 5) is 6.54. The van der Waals surface area contributed by atoms with Gasteiger partial charge in [-0.15, -0.1) is 24.0 Å². The molecular formula is C17H31IN4S. The van der Waals surface area contributed by atoms with Crippen LogP contribution in [0.15, 0.2) is 35.3 Å². The minimum absolute atomic E-state index is 0. The second-order valence-corrected chi connectivity index (χ2v) is 7.44. The zero-order valence-electron chi connectivity index (χ0n) is 14.9. The molecule has 0 spiro atoms. The molecule has 0 saturated carbocycles. The fourth-order valence-electron chi connectivity index (χ4n) is 1.92. The molecule has 0 atom stereocenters. The van der Waals surface area contributed by atoms with Crippen molar-refractivity contribution in [2.24, 2.45) is 4.99 Å². The van der Waals surface area contributed by atoms with Gasteiger partial charge in [0.1, 0.15) is 0 Å². The van der Waals surface area contributed by atoms with Crippen molar-refractivity contribution in [2.75, 3.05) is 44.9 Å². The maximum Gasteiger partial charge on any atom is 0.191 e. The van der Waals surface area contributed by atoms with Gasteiger partial charge in [-0.05, 0) is 38.7 Å². The predicted molar refractivity (Wildman–Crippen MR) is 117 cm³/mol. The molecule has 0 bridgehead atoms. The van der Waals surface area contributed by atoms with E-state index >= 15 is 0 Å². The second-order valence-electron chi connectivity index (χ2n) is 5.93. The van der Waals surface area contributed by atoms with Gasteiger partial charge in [-0.3, -0.25) is 4.99 Å². The molecular weight excluding hydrogens is 419 g/mol.